The van der Waals surface area contributed by atoms with Gasteiger partial charge in [0, 0.05) is 42.0 Å². The van der Waals surface area contributed by atoms with Crippen LogP contribution in [-0.2, 0) is 0 Å². The van der Waals surface area contributed by atoms with E-state index < -0.39 is 0 Å². The van der Waals surface area contributed by atoms with E-state index in [1.807, 2.05) is 11.3 Å². The Morgan fingerprint density at radius 1 is 0.543 bits per heavy atom. The Balaban J connectivity index is 1.56. The number of thiophene rings is 1. The highest BCUT2D eigenvalue weighted by Crippen LogP contribution is 2.41. The third kappa shape index (κ3) is 2.63. The van der Waals surface area contributed by atoms with Crippen LogP contribution in [0.2, 0.25) is 0 Å². The van der Waals surface area contributed by atoms with Crippen molar-refractivity contribution in [1.82, 2.24) is 4.57 Å². The topological polar surface area (TPSA) is 4.93 Å². The van der Waals surface area contributed by atoms with Crippen LogP contribution in [0.4, 0.5) is 0 Å². The number of hydrogen-bond acceptors (Lipinski definition) is 1. The fourth-order valence-corrected chi connectivity index (χ4v) is 6.95. The van der Waals surface area contributed by atoms with Crippen LogP contribution < -0.4 is 0 Å². The average molecular weight is 464 g/mol. The Hall–Kier alpha value is -4.14. The third-order valence-corrected chi connectivity index (χ3v) is 8.54. The molecule has 164 valence electrons. The van der Waals surface area contributed by atoms with Crippen molar-refractivity contribution in [3.05, 3.63) is 115 Å². The van der Waals surface area contributed by atoms with E-state index in [0.717, 1.165) is 0 Å². The zero-order chi connectivity index (χ0) is 23.1. The quantitative estimate of drug-likeness (QED) is 0.228. The van der Waals surface area contributed by atoms with E-state index in [9.17, 15) is 0 Å². The summed E-state index contributed by atoms with van der Waals surface area (Å²) in [4.78, 5) is 0. The predicted molar refractivity (Wildman–Crippen MR) is 153 cm³/mol. The van der Waals surface area contributed by atoms with Crippen molar-refractivity contribution in [1.29, 1.82) is 0 Å². The molecule has 6 aromatic carbocycles. The Labute approximate surface area is 206 Å². The summed E-state index contributed by atoms with van der Waals surface area (Å²) in [5.41, 5.74) is 5.06. The number of rotatable bonds is 1. The fourth-order valence-electron chi connectivity index (χ4n) is 5.83. The lowest BCUT2D eigenvalue weighted by Gasteiger charge is -2.10. The molecule has 2 heteroatoms. The Morgan fingerprint density at radius 2 is 1.29 bits per heavy atom. The molecule has 2 aromatic heterocycles. The molecule has 0 fully saturated rings. The van der Waals surface area contributed by atoms with Crippen LogP contribution in [0.25, 0.3) is 69.2 Å². The van der Waals surface area contributed by atoms with Gasteiger partial charge in [-0.05, 0) is 53.4 Å². The molecule has 0 saturated heterocycles. The first-order valence-corrected chi connectivity index (χ1v) is 12.8. The maximum absolute atomic E-state index is 2.48. The van der Waals surface area contributed by atoms with E-state index in [4.69, 9.17) is 0 Å². The molecule has 0 N–H and O–H groups in total. The van der Waals surface area contributed by atoms with Gasteiger partial charge in [0.05, 0.1) is 11.0 Å². The lowest BCUT2D eigenvalue weighted by Crippen LogP contribution is -1.94. The van der Waals surface area contributed by atoms with Gasteiger partial charge in [-0.3, -0.25) is 0 Å². The number of hydrogen-bond donors (Lipinski definition) is 0. The molecule has 0 amide bonds. The summed E-state index contributed by atoms with van der Waals surface area (Å²) in [5, 5.41) is 10.5. The van der Waals surface area contributed by atoms with Gasteiger partial charge in [0.15, 0.2) is 0 Å². The summed E-state index contributed by atoms with van der Waals surface area (Å²) in [6, 6.07) is 40.4. The van der Waals surface area contributed by atoms with Crippen molar-refractivity contribution >= 4 is 74.9 Å². The van der Waals surface area contributed by atoms with Crippen molar-refractivity contribution in [3.63, 3.8) is 0 Å². The first-order chi connectivity index (χ1) is 17.3. The highest BCUT2D eigenvalue weighted by Gasteiger charge is 2.17. The summed E-state index contributed by atoms with van der Waals surface area (Å²) in [6.45, 7) is 2.17. The van der Waals surface area contributed by atoms with Gasteiger partial charge in [-0.15, -0.1) is 11.3 Å². The number of aryl methyl sites for hydroxylation is 1. The van der Waals surface area contributed by atoms with E-state index in [0.29, 0.717) is 0 Å². The minimum absolute atomic E-state index is 1.22. The van der Waals surface area contributed by atoms with Gasteiger partial charge in [0.1, 0.15) is 0 Å². The lowest BCUT2D eigenvalue weighted by atomic mass is 10.0. The van der Waals surface area contributed by atoms with Crippen molar-refractivity contribution in [2.24, 2.45) is 0 Å². The van der Waals surface area contributed by atoms with Gasteiger partial charge in [0.25, 0.3) is 0 Å². The number of benzene rings is 6. The van der Waals surface area contributed by atoms with Crippen molar-refractivity contribution < 1.29 is 0 Å². The van der Waals surface area contributed by atoms with Crippen molar-refractivity contribution in [3.8, 4) is 5.69 Å². The molecule has 1 nitrogen and oxygen atoms in total. The second-order valence-corrected chi connectivity index (χ2v) is 10.6. The summed E-state index contributed by atoms with van der Waals surface area (Å²) in [5.74, 6) is 0. The minimum atomic E-state index is 1.22. The SMILES string of the molecule is Cc1ccc2sc3cc(-n4c5ccc6ccccc6c5c5ccc6ccccc6c54)ccc3c2c1. The van der Waals surface area contributed by atoms with Crippen LogP contribution in [0.15, 0.2) is 109 Å². The summed E-state index contributed by atoms with van der Waals surface area (Å²) in [7, 11) is 0. The molecule has 0 aliphatic heterocycles. The molecule has 0 spiro atoms. The normalized spacial score (nSPS) is 12.1. The van der Waals surface area contributed by atoms with Crippen LogP contribution in [0, 0.1) is 6.92 Å². The van der Waals surface area contributed by atoms with Gasteiger partial charge >= 0.3 is 0 Å². The summed E-state index contributed by atoms with van der Waals surface area (Å²) in [6.07, 6.45) is 0. The predicted octanol–water partition coefficient (Wildman–Crippen LogP) is 9.77. The van der Waals surface area contributed by atoms with Crippen LogP contribution in [0.1, 0.15) is 5.56 Å². The lowest BCUT2D eigenvalue weighted by molar-refractivity contribution is 1.19. The fraction of sp³-hybridized carbons (Fsp3) is 0.0303. The summed E-state index contributed by atoms with van der Waals surface area (Å²) >= 11 is 1.89. The molecule has 0 unspecified atom stereocenters. The van der Waals surface area contributed by atoms with Crippen LogP contribution in [0.5, 0.6) is 0 Å². The smallest absolute Gasteiger partial charge is 0.0619 e. The van der Waals surface area contributed by atoms with Gasteiger partial charge in [0.2, 0.25) is 0 Å². The molecule has 0 saturated carbocycles. The molecule has 0 aliphatic rings. The first-order valence-electron chi connectivity index (χ1n) is 12.0. The van der Waals surface area contributed by atoms with Crippen LogP contribution >= 0.6 is 11.3 Å². The van der Waals surface area contributed by atoms with E-state index in [1.54, 1.807) is 0 Å². The maximum atomic E-state index is 2.48. The Bertz CT molecular complexity index is 2120. The maximum Gasteiger partial charge on any atom is 0.0619 e. The molecular weight excluding hydrogens is 442 g/mol. The minimum Gasteiger partial charge on any atom is -0.309 e. The van der Waals surface area contributed by atoms with Gasteiger partial charge < -0.3 is 4.57 Å². The first kappa shape index (κ1) is 19.2. The largest absolute Gasteiger partial charge is 0.309 e. The number of aromatic nitrogens is 1. The van der Waals surface area contributed by atoms with Crippen LogP contribution in [0.3, 0.4) is 0 Å². The second-order valence-electron chi connectivity index (χ2n) is 9.48. The summed E-state index contributed by atoms with van der Waals surface area (Å²) < 4.78 is 5.16. The zero-order valence-corrected chi connectivity index (χ0v) is 20.1. The molecule has 2 heterocycles. The van der Waals surface area contributed by atoms with E-state index in [2.05, 4.69) is 121 Å². The Morgan fingerprint density at radius 3 is 2.17 bits per heavy atom. The molecule has 0 bridgehead atoms. The van der Waals surface area contributed by atoms with Gasteiger partial charge in [-0.25, -0.2) is 0 Å². The highest BCUT2D eigenvalue weighted by molar-refractivity contribution is 7.25. The van der Waals surface area contributed by atoms with Crippen molar-refractivity contribution in [2.75, 3.05) is 0 Å². The van der Waals surface area contributed by atoms with E-state index in [1.165, 1.54) is 74.8 Å². The average Bonchev–Trinajstić information content (AvgIpc) is 3.43. The molecule has 0 aliphatic carbocycles. The molecule has 8 rings (SSSR count). The molecule has 35 heavy (non-hydrogen) atoms. The third-order valence-electron chi connectivity index (χ3n) is 7.41. The van der Waals surface area contributed by atoms with Crippen LogP contribution in [-0.4, -0.2) is 4.57 Å². The molecule has 0 atom stereocenters. The molecule has 8 aromatic rings. The van der Waals surface area contributed by atoms with E-state index in [-0.39, 0.29) is 0 Å². The van der Waals surface area contributed by atoms with Crippen molar-refractivity contribution in [2.45, 2.75) is 6.92 Å². The Kier molecular flexibility index (Phi) is 3.81. The second kappa shape index (κ2) is 6.94. The molecular formula is C33H21NS. The standard InChI is InChI=1S/C33H21NS/c1-20-10-17-30-28(18-20)26-15-13-23(19-31(26)35-30)34-29-16-12-21-6-2-4-8-24(21)32(29)27-14-11-22-7-3-5-9-25(22)33(27)34/h2-19H,1H3. The van der Waals surface area contributed by atoms with Gasteiger partial charge in [-0.2, -0.15) is 0 Å². The monoisotopic (exact) mass is 463 g/mol. The molecule has 0 radical (unpaired) electrons. The highest BCUT2D eigenvalue weighted by atomic mass is 32.1. The van der Waals surface area contributed by atoms with E-state index >= 15 is 0 Å². The number of nitrogens with zero attached hydrogens (tertiary/aromatic N) is 1. The zero-order valence-electron chi connectivity index (χ0n) is 19.2. The van der Waals surface area contributed by atoms with Gasteiger partial charge in [-0.1, -0.05) is 84.4 Å². The number of fused-ring (bicyclic) bond motifs is 10.